The Labute approximate surface area is 97.6 Å². The van der Waals surface area contributed by atoms with Crippen molar-refractivity contribution in [2.75, 3.05) is 20.8 Å². The maximum atomic E-state index is 11.0. The fourth-order valence-corrected chi connectivity index (χ4v) is 1.26. The Morgan fingerprint density at radius 3 is 2.38 bits per heavy atom. The van der Waals surface area contributed by atoms with Gasteiger partial charge in [0.2, 0.25) is 0 Å². The number of ether oxygens (including phenoxy) is 3. The topological polar surface area (TPSA) is 44.8 Å². The molecule has 0 amide bonds. The highest BCUT2D eigenvalue weighted by Crippen LogP contribution is 2.11. The lowest BCUT2D eigenvalue weighted by atomic mass is 10.1. The molecule has 0 aliphatic carbocycles. The Balaban J connectivity index is 3.80. The molecule has 0 N–H and O–H groups in total. The Morgan fingerprint density at radius 2 is 1.88 bits per heavy atom. The van der Waals surface area contributed by atoms with Gasteiger partial charge in [0.25, 0.3) is 0 Å². The summed E-state index contributed by atoms with van der Waals surface area (Å²) in [5.74, 6) is 0.0154. The number of carbonyl (C=O) groups excluding carboxylic acids is 1. The van der Waals surface area contributed by atoms with Gasteiger partial charge in [0.15, 0.2) is 6.29 Å². The number of methoxy groups -OCH3 is 2. The van der Waals surface area contributed by atoms with Crippen LogP contribution in [0.2, 0.25) is 0 Å². The van der Waals surface area contributed by atoms with E-state index in [1.165, 1.54) is 6.08 Å². The Kier molecular flexibility index (Phi) is 8.85. The van der Waals surface area contributed by atoms with E-state index < -0.39 is 0 Å². The fourth-order valence-electron chi connectivity index (χ4n) is 1.26. The molecule has 0 fully saturated rings. The molecule has 1 atom stereocenters. The zero-order valence-corrected chi connectivity index (χ0v) is 10.6. The molecule has 0 spiro atoms. The van der Waals surface area contributed by atoms with Gasteiger partial charge in [-0.25, -0.2) is 4.79 Å². The van der Waals surface area contributed by atoms with Crippen molar-refractivity contribution in [1.29, 1.82) is 0 Å². The van der Waals surface area contributed by atoms with Crippen molar-refractivity contribution in [2.24, 2.45) is 5.92 Å². The van der Waals surface area contributed by atoms with Crippen LogP contribution in [0.4, 0.5) is 0 Å². The van der Waals surface area contributed by atoms with Crippen LogP contribution in [0.15, 0.2) is 12.2 Å². The van der Waals surface area contributed by atoms with E-state index in [0.717, 1.165) is 12.8 Å². The van der Waals surface area contributed by atoms with Gasteiger partial charge in [-0.05, 0) is 25.7 Å². The highest BCUT2D eigenvalue weighted by molar-refractivity contribution is 5.81. The van der Waals surface area contributed by atoms with Crippen LogP contribution in [0.25, 0.3) is 0 Å². The van der Waals surface area contributed by atoms with E-state index in [0.29, 0.717) is 12.5 Å². The van der Waals surface area contributed by atoms with Crippen molar-refractivity contribution in [3.05, 3.63) is 12.2 Å². The second kappa shape index (κ2) is 9.36. The summed E-state index contributed by atoms with van der Waals surface area (Å²) in [6.45, 7) is 4.24. The van der Waals surface area contributed by atoms with E-state index >= 15 is 0 Å². The Bertz CT molecular complexity index is 209. The summed E-state index contributed by atoms with van der Waals surface area (Å²) in [5, 5.41) is 0. The first-order valence-corrected chi connectivity index (χ1v) is 5.54. The molecule has 0 aliphatic heterocycles. The summed E-state index contributed by atoms with van der Waals surface area (Å²) in [4.78, 5) is 11.0. The molecular formula is C12H22O4. The average Bonchev–Trinajstić information content (AvgIpc) is 2.28. The number of carbonyl (C=O) groups is 1. The summed E-state index contributed by atoms with van der Waals surface area (Å²) in [6.07, 6.45) is 4.87. The second-order valence-corrected chi connectivity index (χ2v) is 3.57. The highest BCUT2D eigenvalue weighted by atomic mass is 16.7. The average molecular weight is 230 g/mol. The van der Waals surface area contributed by atoms with Crippen LogP contribution in [-0.2, 0) is 19.0 Å². The molecular weight excluding hydrogens is 208 g/mol. The minimum Gasteiger partial charge on any atom is -0.463 e. The molecule has 94 valence electrons. The van der Waals surface area contributed by atoms with Crippen LogP contribution in [0.1, 0.15) is 26.7 Å². The van der Waals surface area contributed by atoms with Gasteiger partial charge >= 0.3 is 5.97 Å². The van der Waals surface area contributed by atoms with Gasteiger partial charge < -0.3 is 14.2 Å². The van der Waals surface area contributed by atoms with Gasteiger partial charge in [-0.2, -0.15) is 0 Å². The first-order valence-electron chi connectivity index (χ1n) is 5.54. The van der Waals surface area contributed by atoms with Gasteiger partial charge in [0.05, 0.1) is 6.61 Å². The van der Waals surface area contributed by atoms with Crippen LogP contribution >= 0.6 is 0 Å². The molecule has 0 saturated carbocycles. The maximum Gasteiger partial charge on any atom is 0.330 e. The molecule has 4 nitrogen and oxygen atoms in total. The Morgan fingerprint density at radius 1 is 1.25 bits per heavy atom. The van der Waals surface area contributed by atoms with Crippen LogP contribution < -0.4 is 0 Å². The number of esters is 1. The molecule has 1 unspecified atom stereocenters. The number of allylic oxidation sites excluding steroid dienone is 1. The first kappa shape index (κ1) is 15.1. The highest BCUT2D eigenvalue weighted by Gasteiger charge is 2.07. The van der Waals surface area contributed by atoms with E-state index in [-0.39, 0.29) is 12.3 Å². The van der Waals surface area contributed by atoms with Crippen molar-refractivity contribution >= 4 is 5.97 Å². The first-order chi connectivity index (χ1) is 7.63. The molecule has 0 bridgehead atoms. The summed E-state index contributed by atoms with van der Waals surface area (Å²) < 4.78 is 14.9. The van der Waals surface area contributed by atoms with Gasteiger partial charge in [-0.1, -0.05) is 13.0 Å². The minimum absolute atomic E-state index is 0.168. The number of hydrogen-bond donors (Lipinski definition) is 0. The van der Waals surface area contributed by atoms with Crippen molar-refractivity contribution in [3.63, 3.8) is 0 Å². The molecule has 0 aromatic rings. The molecule has 0 radical (unpaired) electrons. The van der Waals surface area contributed by atoms with Crippen LogP contribution in [0, 0.1) is 5.92 Å². The smallest absolute Gasteiger partial charge is 0.330 e. The monoisotopic (exact) mass is 230 g/mol. The zero-order valence-electron chi connectivity index (χ0n) is 10.6. The molecule has 0 rings (SSSR count). The van der Waals surface area contributed by atoms with Gasteiger partial charge in [0.1, 0.15) is 0 Å². The maximum absolute atomic E-state index is 11.0. The van der Waals surface area contributed by atoms with Gasteiger partial charge in [-0.3, -0.25) is 0 Å². The third-order valence-electron chi connectivity index (χ3n) is 2.23. The van der Waals surface area contributed by atoms with Crippen LogP contribution in [-0.4, -0.2) is 33.1 Å². The van der Waals surface area contributed by atoms with E-state index in [2.05, 4.69) is 0 Å². The zero-order chi connectivity index (χ0) is 12.4. The van der Waals surface area contributed by atoms with E-state index in [1.807, 2.05) is 13.0 Å². The van der Waals surface area contributed by atoms with Crippen LogP contribution in [0.5, 0.6) is 0 Å². The van der Waals surface area contributed by atoms with Crippen molar-refractivity contribution in [1.82, 2.24) is 0 Å². The number of hydrogen-bond acceptors (Lipinski definition) is 4. The minimum atomic E-state index is -0.288. The molecule has 0 saturated heterocycles. The summed E-state index contributed by atoms with van der Waals surface area (Å²) in [6, 6.07) is 0. The normalized spacial score (nSPS) is 13.3. The predicted molar refractivity (Wildman–Crippen MR) is 62.0 cm³/mol. The summed E-state index contributed by atoms with van der Waals surface area (Å²) >= 11 is 0. The SMILES string of the molecule is CCOC(=O)/C=C/C(C)CCC(OC)OC. The molecule has 0 aromatic carbocycles. The lowest BCUT2D eigenvalue weighted by Gasteiger charge is -2.14. The third kappa shape index (κ3) is 7.43. The molecule has 0 heterocycles. The number of rotatable bonds is 8. The fraction of sp³-hybridized carbons (Fsp3) is 0.750. The third-order valence-corrected chi connectivity index (χ3v) is 2.23. The van der Waals surface area contributed by atoms with Crippen LogP contribution in [0.3, 0.4) is 0 Å². The van der Waals surface area contributed by atoms with Gasteiger partial charge in [-0.15, -0.1) is 0 Å². The largest absolute Gasteiger partial charge is 0.463 e. The quantitative estimate of drug-likeness (QED) is 0.364. The Hall–Kier alpha value is -0.870. The predicted octanol–water partition coefficient (Wildman–Crippen LogP) is 2.14. The molecule has 16 heavy (non-hydrogen) atoms. The lowest BCUT2D eigenvalue weighted by Crippen LogP contribution is -2.13. The van der Waals surface area contributed by atoms with E-state index in [4.69, 9.17) is 14.2 Å². The molecule has 4 heteroatoms. The van der Waals surface area contributed by atoms with Crippen molar-refractivity contribution in [3.8, 4) is 0 Å². The molecule has 0 aliphatic rings. The van der Waals surface area contributed by atoms with E-state index in [9.17, 15) is 4.79 Å². The molecule has 0 aromatic heterocycles. The van der Waals surface area contributed by atoms with Gasteiger partial charge in [0, 0.05) is 20.3 Å². The standard InChI is InChI=1S/C12H22O4/c1-5-16-11(13)8-6-10(2)7-9-12(14-3)15-4/h6,8,10,12H,5,7,9H2,1-4H3/b8-6+. The second-order valence-electron chi connectivity index (χ2n) is 3.57. The lowest BCUT2D eigenvalue weighted by molar-refractivity contribution is -0.137. The summed E-state index contributed by atoms with van der Waals surface area (Å²) in [5.41, 5.74) is 0. The van der Waals surface area contributed by atoms with E-state index in [1.54, 1.807) is 21.1 Å². The summed E-state index contributed by atoms with van der Waals surface area (Å²) in [7, 11) is 3.24. The van der Waals surface area contributed by atoms with Crippen molar-refractivity contribution in [2.45, 2.75) is 33.0 Å². The van der Waals surface area contributed by atoms with Crippen molar-refractivity contribution < 1.29 is 19.0 Å².